The molecule has 1 fully saturated rings. The van der Waals surface area contributed by atoms with Gasteiger partial charge in [-0.15, -0.1) is 11.3 Å². The number of thiazole rings is 1. The van der Waals surface area contributed by atoms with E-state index in [-0.39, 0.29) is 5.91 Å². The van der Waals surface area contributed by atoms with E-state index in [1.54, 1.807) is 0 Å². The molecule has 1 aromatic carbocycles. The van der Waals surface area contributed by atoms with Crippen molar-refractivity contribution in [2.24, 2.45) is 0 Å². The van der Waals surface area contributed by atoms with Gasteiger partial charge in [0.15, 0.2) is 0 Å². The average molecular weight is 293 g/mol. The van der Waals surface area contributed by atoms with Crippen LogP contribution >= 0.6 is 22.9 Å². The molecule has 0 spiro atoms. The van der Waals surface area contributed by atoms with Crippen molar-refractivity contribution in [2.75, 3.05) is 13.1 Å². The van der Waals surface area contributed by atoms with E-state index < -0.39 is 0 Å². The molecule has 3 nitrogen and oxygen atoms in total. The van der Waals surface area contributed by atoms with E-state index in [4.69, 9.17) is 11.6 Å². The zero-order valence-corrected chi connectivity index (χ0v) is 11.9. The summed E-state index contributed by atoms with van der Waals surface area (Å²) in [5.74, 6) is 0.169. The van der Waals surface area contributed by atoms with Crippen LogP contribution in [-0.2, 0) is 11.2 Å². The third kappa shape index (κ3) is 2.65. The zero-order valence-electron chi connectivity index (χ0n) is 10.3. The monoisotopic (exact) mass is 292 g/mol. The smallest absolute Gasteiger partial charge is 0.228 e. The molecule has 3 rings (SSSR count). The molecule has 1 amide bonds. The number of rotatable bonds is 3. The molecule has 19 heavy (non-hydrogen) atoms. The van der Waals surface area contributed by atoms with Crippen molar-refractivity contribution in [2.45, 2.75) is 12.8 Å². The minimum absolute atomic E-state index is 0.169. The van der Waals surface area contributed by atoms with Gasteiger partial charge in [-0.2, -0.15) is 0 Å². The Bertz CT molecular complexity index is 607. The van der Waals surface area contributed by atoms with Gasteiger partial charge in [0.05, 0.1) is 17.1 Å². The number of carbonyl (C=O) groups is 1. The molecule has 2 aromatic rings. The Morgan fingerprint density at radius 3 is 2.84 bits per heavy atom. The number of hydrogen-bond donors (Lipinski definition) is 0. The quantitative estimate of drug-likeness (QED) is 0.870. The predicted octanol–water partition coefficient (Wildman–Crippen LogP) is 3.24. The van der Waals surface area contributed by atoms with Gasteiger partial charge in [-0.3, -0.25) is 4.79 Å². The summed E-state index contributed by atoms with van der Waals surface area (Å²) in [5.41, 5.74) is 1.76. The highest BCUT2D eigenvalue weighted by atomic mass is 35.5. The second kappa shape index (κ2) is 5.31. The van der Waals surface area contributed by atoms with Gasteiger partial charge < -0.3 is 4.90 Å². The van der Waals surface area contributed by atoms with Gasteiger partial charge >= 0.3 is 0 Å². The molecular formula is C14H13ClN2OS. The summed E-state index contributed by atoms with van der Waals surface area (Å²) < 4.78 is 0. The van der Waals surface area contributed by atoms with Gasteiger partial charge in [0, 0.05) is 24.0 Å². The number of aromatic nitrogens is 1. The first-order valence-corrected chi connectivity index (χ1v) is 7.47. The van der Waals surface area contributed by atoms with Crippen LogP contribution in [0.1, 0.15) is 12.1 Å². The van der Waals surface area contributed by atoms with Gasteiger partial charge in [0.2, 0.25) is 5.91 Å². The van der Waals surface area contributed by atoms with Gasteiger partial charge in [0.1, 0.15) is 5.01 Å². The highest BCUT2D eigenvalue weighted by molar-refractivity contribution is 7.13. The fraction of sp³-hybridized carbons (Fsp3) is 0.286. The summed E-state index contributed by atoms with van der Waals surface area (Å²) in [4.78, 5) is 18.3. The lowest BCUT2D eigenvalue weighted by molar-refractivity contribution is -0.133. The first-order valence-electron chi connectivity index (χ1n) is 6.21. The molecule has 5 heteroatoms. The molecule has 0 radical (unpaired) electrons. The van der Waals surface area contributed by atoms with E-state index in [9.17, 15) is 4.79 Å². The van der Waals surface area contributed by atoms with Crippen LogP contribution in [0.5, 0.6) is 0 Å². The summed E-state index contributed by atoms with van der Waals surface area (Å²) in [6, 6.07) is 7.63. The minimum Gasteiger partial charge on any atom is -0.342 e. The summed E-state index contributed by atoms with van der Waals surface area (Å²) in [7, 11) is 0. The minimum atomic E-state index is 0.169. The van der Waals surface area contributed by atoms with Crippen LogP contribution in [0, 0.1) is 0 Å². The van der Waals surface area contributed by atoms with Crippen LogP contribution in [0.25, 0.3) is 10.6 Å². The maximum absolute atomic E-state index is 11.9. The topological polar surface area (TPSA) is 33.2 Å². The summed E-state index contributed by atoms with van der Waals surface area (Å²) in [6.07, 6.45) is 1.51. The maximum atomic E-state index is 11.9. The van der Waals surface area contributed by atoms with Crippen LogP contribution in [0.15, 0.2) is 29.6 Å². The second-order valence-electron chi connectivity index (χ2n) is 4.53. The Labute approximate surface area is 120 Å². The number of nitrogens with zero attached hydrogens (tertiary/aromatic N) is 2. The number of hydrogen-bond acceptors (Lipinski definition) is 3. The third-order valence-electron chi connectivity index (χ3n) is 3.20. The van der Waals surface area contributed by atoms with Gasteiger partial charge in [-0.05, 0) is 12.5 Å². The predicted molar refractivity (Wildman–Crippen MR) is 77.5 cm³/mol. The first-order chi connectivity index (χ1) is 9.24. The van der Waals surface area contributed by atoms with Crippen molar-refractivity contribution in [1.29, 1.82) is 0 Å². The number of amides is 1. The first kappa shape index (κ1) is 12.6. The van der Waals surface area contributed by atoms with E-state index in [0.29, 0.717) is 11.4 Å². The molecule has 2 heterocycles. The van der Waals surface area contributed by atoms with Crippen LogP contribution < -0.4 is 0 Å². The fourth-order valence-electron chi connectivity index (χ4n) is 1.98. The number of carbonyl (C=O) groups excluding carboxylic acids is 1. The lowest BCUT2D eigenvalue weighted by Crippen LogP contribution is -2.42. The Balaban J connectivity index is 1.76. The van der Waals surface area contributed by atoms with Gasteiger partial charge in [0.25, 0.3) is 0 Å². The van der Waals surface area contributed by atoms with E-state index in [1.165, 1.54) is 11.3 Å². The van der Waals surface area contributed by atoms with Crippen molar-refractivity contribution in [1.82, 2.24) is 9.88 Å². The molecule has 1 aliphatic heterocycles. The molecule has 0 saturated carbocycles. The normalized spacial score (nSPS) is 14.3. The van der Waals surface area contributed by atoms with Crippen LogP contribution in [0.3, 0.4) is 0 Å². The SMILES string of the molecule is O=C(Cc1csc(-c2ccccc2Cl)n1)N1CCC1. The molecule has 1 aliphatic rings. The van der Waals surface area contributed by atoms with Crippen LogP contribution in [-0.4, -0.2) is 28.9 Å². The van der Waals surface area contributed by atoms with E-state index >= 15 is 0 Å². The van der Waals surface area contributed by atoms with E-state index in [2.05, 4.69) is 4.98 Å². The highest BCUT2D eigenvalue weighted by Crippen LogP contribution is 2.30. The van der Waals surface area contributed by atoms with Crippen LogP contribution in [0.4, 0.5) is 0 Å². The van der Waals surface area contributed by atoms with Crippen molar-refractivity contribution < 1.29 is 4.79 Å². The molecule has 0 N–H and O–H groups in total. The van der Waals surface area contributed by atoms with Crippen LogP contribution in [0.2, 0.25) is 5.02 Å². The van der Waals surface area contributed by atoms with Crippen molar-refractivity contribution in [3.63, 3.8) is 0 Å². The standard InChI is InChI=1S/C14H13ClN2OS/c15-12-5-2-1-4-11(12)14-16-10(9-19-14)8-13(18)17-6-3-7-17/h1-2,4-5,9H,3,6-8H2. The van der Waals surface area contributed by atoms with Crippen molar-refractivity contribution in [3.8, 4) is 10.6 Å². The Morgan fingerprint density at radius 2 is 2.16 bits per heavy atom. The summed E-state index contributed by atoms with van der Waals surface area (Å²) in [5, 5.41) is 3.51. The lowest BCUT2D eigenvalue weighted by atomic mass is 10.2. The molecule has 1 aromatic heterocycles. The largest absolute Gasteiger partial charge is 0.342 e. The van der Waals surface area contributed by atoms with Gasteiger partial charge in [-0.25, -0.2) is 4.98 Å². The average Bonchev–Trinajstić information content (AvgIpc) is 2.75. The highest BCUT2D eigenvalue weighted by Gasteiger charge is 2.21. The lowest BCUT2D eigenvalue weighted by Gasteiger charge is -2.30. The van der Waals surface area contributed by atoms with Crippen molar-refractivity contribution in [3.05, 3.63) is 40.4 Å². The van der Waals surface area contributed by atoms with Gasteiger partial charge in [-0.1, -0.05) is 29.8 Å². The molecule has 0 atom stereocenters. The molecule has 0 bridgehead atoms. The zero-order chi connectivity index (χ0) is 13.2. The van der Waals surface area contributed by atoms with E-state index in [0.717, 1.165) is 35.8 Å². The molecule has 0 aliphatic carbocycles. The summed E-state index contributed by atoms with van der Waals surface area (Å²) in [6.45, 7) is 1.78. The molecular weight excluding hydrogens is 280 g/mol. The maximum Gasteiger partial charge on any atom is 0.228 e. The summed E-state index contributed by atoms with van der Waals surface area (Å²) >= 11 is 7.68. The van der Waals surface area contributed by atoms with Crippen molar-refractivity contribution >= 4 is 28.8 Å². The second-order valence-corrected chi connectivity index (χ2v) is 5.80. The Kier molecular flexibility index (Phi) is 3.53. The Hall–Kier alpha value is -1.39. The fourth-order valence-corrected chi connectivity index (χ4v) is 3.12. The number of benzene rings is 1. The molecule has 1 saturated heterocycles. The molecule has 0 unspecified atom stereocenters. The Morgan fingerprint density at radius 1 is 1.37 bits per heavy atom. The molecule has 98 valence electrons. The number of likely N-dealkylation sites (tertiary alicyclic amines) is 1. The third-order valence-corrected chi connectivity index (χ3v) is 4.45. The number of halogens is 1. The van der Waals surface area contributed by atoms with E-state index in [1.807, 2.05) is 34.5 Å².